The topological polar surface area (TPSA) is 70.4 Å². The van der Waals surface area contributed by atoms with Crippen LogP contribution in [0.4, 0.5) is 0 Å². The fraction of sp³-hybridized carbons (Fsp3) is 0.526. The largest absolute Gasteiger partial charge is 0.355 e. The van der Waals surface area contributed by atoms with E-state index >= 15 is 0 Å². The molecule has 0 amide bonds. The third-order valence-corrected chi connectivity index (χ3v) is 4.28. The van der Waals surface area contributed by atoms with Crippen molar-refractivity contribution in [3.8, 4) is 5.69 Å². The summed E-state index contributed by atoms with van der Waals surface area (Å²) in [6.07, 6.45) is 1.73. The first-order chi connectivity index (χ1) is 12.5. The zero-order valence-corrected chi connectivity index (χ0v) is 16.5. The Morgan fingerprint density at radius 1 is 1.12 bits per heavy atom. The predicted molar refractivity (Wildman–Crippen MR) is 107 cm³/mol. The lowest BCUT2D eigenvalue weighted by Gasteiger charge is -2.30. The number of benzene rings is 1. The van der Waals surface area contributed by atoms with Crippen LogP contribution in [0.5, 0.6) is 0 Å². The van der Waals surface area contributed by atoms with Gasteiger partial charge in [0.15, 0.2) is 11.8 Å². The molecule has 7 heteroatoms. The van der Waals surface area contributed by atoms with E-state index in [1.54, 1.807) is 13.4 Å². The van der Waals surface area contributed by atoms with Crippen LogP contribution >= 0.6 is 0 Å². The van der Waals surface area contributed by atoms with Gasteiger partial charge in [0.25, 0.3) is 0 Å². The van der Waals surface area contributed by atoms with Crippen molar-refractivity contribution in [2.75, 3.05) is 20.1 Å². The van der Waals surface area contributed by atoms with E-state index in [0.29, 0.717) is 18.6 Å². The minimum atomic E-state index is 0.524. The predicted octanol–water partition coefficient (Wildman–Crippen LogP) is 2.05. The second-order valence-corrected chi connectivity index (χ2v) is 6.73. The molecule has 2 aromatic rings. The molecule has 0 aliphatic rings. The number of hydrogen-bond donors (Lipinski definition) is 2. The van der Waals surface area contributed by atoms with Crippen LogP contribution in [0.3, 0.4) is 0 Å². The smallest absolute Gasteiger partial charge is 0.191 e. The molecular weight excluding hydrogens is 326 g/mol. The second-order valence-electron chi connectivity index (χ2n) is 6.73. The summed E-state index contributed by atoms with van der Waals surface area (Å²) in [7, 11) is 1.78. The van der Waals surface area contributed by atoms with Crippen molar-refractivity contribution in [2.24, 2.45) is 4.99 Å². The van der Waals surface area contributed by atoms with Gasteiger partial charge < -0.3 is 10.6 Å². The number of guanidine groups is 1. The van der Waals surface area contributed by atoms with E-state index < -0.39 is 0 Å². The molecular formula is C19H31N7. The molecule has 0 fully saturated rings. The van der Waals surface area contributed by atoms with Gasteiger partial charge in [-0.3, -0.25) is 14.5 Å². The van der Waals surface area contributed by atoms with Crippen LogP contribution in [0.2, 0.25) is 0 Å². The fourth-order valence-corrected chi connectivity index (χ4v) is 2.98. The summed E-state index contributed by atoms with van der Waals surface area (Å²) in [6.45, 7) is 11.3. The summed E-state index contributed by atoms with van der Waals surface area (Å²) < 4.78 is 1.97. The average Bonchev–Trinajstić information content (AvgIpc) is 3.09. The first-order valence-corrected chi connectivity index (χ1v) is 9.17. The van der Waals surface area contributed by atoms with Crippen molar-refractivity contribution >= 4 is 5.96 Å². The van der Waals surface area contributed by atoms with Crippen LogP contribution in [-0.4, -0.2) is 57.8 Å². The molecule has 1 heterocycles. The quantitative estimate of drug-likeness (QED) is 0.559. The van der Waals surface area contributed by atoms with Gasteiger partial charge in [0.05, 0.1) is 6.54 Å². The third kappa shape index (κ3) is 5.56. The van der Waals surface area contributed by atoms with E-state index in [4.69, 9.17) is 0 Å². The molecule has 0 unspecified atom stereocenters. The molecule has 0 saturated carbocycles. The lowest BCUT2D eigenvalue weighted by Crippen LogP contribution is -2.45. The van der Waals surface area contributed by atoms with Crippen molar-refractivity contribution in [1.29, 1.82) is 0 Å². The number of hydrogen-bond acceptors (Lipinski definition) is 4. The van der Waals surface area contributed by atoms with Gasteiger partial charge in [-0.2, -0.15) is 0 Å². The van der Waals surface area contributed by atoms with E-state index in [-0.39, 0.29) is 0 Å². The third-order valence-electron chi connectivity index (χ3n) is 4.28. The Morgan fingerprint density at radius 2 is 1.81 bits per heavy atom. The first-order valence-electron chi connectivity index (χ1n) is 9.17. The van der Waals surface area contributed by atoms with Crippen LogP contribution in [0.1, 0.15) is 33.5 Å². The van der Waals surface area contributed by atoms with E-state index in [1.165, 1.54) is 0 Å². The Labute approximate surface area is 156 Å². The Kier molecular flexibility index (Phi) is 7.59. The van der Waals surface area contributed by atoms with Crippen LogP contribution in [-0.2, 0) is 6.54 Å². The maximum absolute atomic E-state index is 4.29. The Hall–Kier alpha value is -2.41. The van der Waals surface area contributed by atoms with Gasteiger partial charge in [-0.1, -0.05) is 18.2 Å². The normalized spacial score (nSPS) is 12.2. The van der Waals surface area contributed by atoms with Gasteiger partial charge >= 0.3 is 0 Å². The Morgan fingerprint density at radius 3 is 2.42 bits per heavy atom. The van der Waals surface area contributed by atoms with Gasteiger partial charge in [0.1, 0.15) is 6.33 Å². The van der Waals surface area contributed by atoms with Crippen molar-refractivity contribution in [2.45, 2.75) is 46.3 Å². The highest BCUT2D eigenvalue weighted by Gasteiger charge is 2.13. The molecule has 1 aromatic carbocycles. The maximum Gasteiger partial charge on any atom is 0.191 e. The molecule has 2 rings (SSSR count). The van der Waals surface area contributed by atoms with Crippen molar-refractivity contribution < 1.29 is 0 Å². The number of aliphatic imine (C=N–C) groups is 1. The van der Waals surface area contributed by atoms with Crippen molar-refractivity contribution in [3.05, 3.63) is 42.5 Å². The SMILES string of the molecule is CN=C(NCCN(C(C)C)C(C)C)NCc1nncn1-c1ccccc1. The highest BCUT2D eigenvalue weighted by atomic mass is 15.3. The average molecular weight is 358 g/mol. The van der Waals surface area contributed by atoms with Gasteiger partial charge in [-0.25, -0.2) is 0 Å². The van der Waals surface area contributed by atoms with Crippen LogP contribution in [0, 0.1) is 0 Å². The summed E-state index contributed by atoms with van der Waals surface area (Å²) in [5.41, 5.74) is 1.04. The molecule has 0 radical (unpaired) electrons. The van der Waals surface area contributed by atoms with E-state index in [0.717, 1.165) is 30.6 Å². The number of nitrogens with one attached hydrogen (secondary N) is 2. The summed E-state index contributed by atoms with van der Waals surface area (Å²) in [5, 5.41) is 14.9. The number of nitrogens with zero attached hydrogens (tertiary/aromatic N) is 5. The number of para-hydroxylation sites is 1. The zero-order chi connectivity index (χ0) is 18.9. The molecule has 0 atom stereocenters. The summed E-state index contributed by atoms with van der Waals surface area (Å²) in [6, 6.07) is 11.1. The lowest BCUT2D eigenvalue weighted by molar-refractivity contribution is 0.178. The van der Waals surface area contributed by atoms with Gasteiger partial charge in [0, 0.05) is 37.9 Å². The summed E-state index contributed by atoms with van der Waals surface area (Å²) in [5.74, 6) is 1.60. The summed E-state index contributed by atoms with van der Waals surface area (Å²) in [4.78, 5) is 6.75. The molecule has 26 heavy (non-hydrogen) atoms. The monoisotopic (exact) mass is 357 g/mol. The summed E-state index contributed by atoms with van der Waals surface area (Å²) >= 11 is 0. The molecule has 1 aromatic heterocycles. The Bertz CT molecular complexity index is 668. The van der Waals surface area contributed by atoms with Crippen LogP contribution in [0.25, 0.3) is 5.69 Å². The van der Waals surface area contributed by atoms with Crippen LogP contribution < -0.4 is 10.6 Å². The van der Waals surface area contributed by atoms with E-state index in [9.17, 15) is 0 Å². The minimum absolute atomic E-state index is 0.524. The van der Waals surface area contributed by atoms with Crippen molar-refractivity contribution in [3.63, 3.8) is 0 Å². The lowest BCUT2D eigenvalue weighted by atomic mass is 10.2. The highest BCUT2D eigenvalue weighted by molar-refractivity contribution is 5.79. The zero-order valence-electron chi connectivity index (χ0n) is 16.5. The first kappa shape index (κ1) is 19.9. The van der Waals surface area contributed by atoms with Gasteiger partial charge in [0.2, 0.25) is 0 Å². The second kappa shape index (κ2) is 9.91. The van der Waals surface area contributed by atoms with E-state index in [2.05, 4.69) is 58.4 Å². The maximum atomic E-state index is 4.29. The molecule has 142 valence electrons. The van der Waals surface area contributed by atoms with Crippen molar-refractivity contribution in [1.82, 2.24) is 30.3 Å². The Balaban J connectivity index is 1.88. The van der Waals surface area contributed by atoms with Gasteiger partial charge in [-0.05, 0) is 39.8 Å². The fourth-order valence-electron chi connectivity index (χ4n) is 2.98. The molecule has 0 aliphatic heterocycles. The standard InChI is InChI=1S/C19H31N7/c1-15(2)25(16(3)4)12-11-21-19(20-5)22-13-18-24-23-14-26(18)17-9-7-6-8-10-17/h6-10,14-16H,11-13H2,1-5H3,(H2,20,21,22). The molecule has 0 saturated heterocycles. The molecule has 7 nitrogen and oxygen atoms in total. The molecule has 2 N–H and O–H groups in total. The van der Waals surface area contributed by atoms with Crippen LogP contribution in [0.15, 0.2) is 41.7 Å². The van der Waals surface area contributed by atoms with E-state index in [1.807, 2.05) is 34.9 Å². The number of rotatable bonds is 8. The number of aromatic nitrogens is 3. The molecule has 0 spiro atoms. The minimum Gasteiger partial charge on any atom is -0.355 e. The molecule has 0 aliphatic carbocycles. The highest BCUT2D eigenvalue weighted by Crippen LogP contribution is 2.08. The molecule has 0 bridgehead atoms. The van der Waals surface area contributed by atoms with Gasteiger partial charge in [-0.15, -0.1) is 10.2 Å².